The van der Waals surface area contributed by atoms with E-state index < -0.39 is 33.7 Å². The lowest BCUT2D eigenvalue weighted by Gasteiger charge is -2.08. The summed E-state index contributed by atoms with van der Waals surface area (Å²) in [6.45, 7) is 3.86. The maximum atomic E-state index is 13.4. The molecule has 0 fully saturated rings. The smallest absolute Gasteiger partial charge is 0.273 e. The van der Waals surface area contributed by atoms with Crippen LogP contribution in [0.1, 0.15) is 24.2 Å². The fraction of sp³-hybridized carbons (Fsp3) is 0.364. The van der Waals surface area contributed by atoms with Gasteiger partial charge in [-0.15, -0.1) is 0 Å². The molecule has 1 aromatic rings. The van der Waals surface area contributed by atoms with Crippen molar-refractivity contribution in [1.29, 1.82) is 0 Å². The first-order valence-corrected chi connectivity index (χ1v) is 5.38. The van der Waals surface area contributed by atoms with Crippen LogP contribution in [0.15, 0.2) is 12.1 Å². The summed E-state index contributed by atoms with van der Waals surface area (Å²) >= 11 is 0. The highest BCUT2D eigenvalue weighted by atomic mass is 19.1. The first-order chi connectivity index (χ1) is 8.82. The summed E-state index contributed by atoms with van der Waals surface area (Å²) in [7, 11) is 0. The molecule has 0 aromatic heterocycles. The highest BCUT2D eigenvalue weighted by Gasteiger charge is 2.22. The molecule has 0 spiro atoms. The van der Waals surface area contributed by atoms with Crippen LogP contribution in [0, 0.1) is 27.7 Å². The molecule has 0 aliphatic rings. The van der Waals surface area contributed by atoms with Crippen LogP contribution < -0.4 is 5.48 Å². The van der Waals surface area contributed by atoms with E-state index in [9.17, 15) is 23.7 Å². The fourth-order valence-electron chi connectivity index (χ4n) is 1.18. The first kappa shape index (κ1) is 15.0. The number of nitrogens with zero attached hydrogens (tertiary/aromatic N) is 1. The van der Waals surface area contributed by atoms with Gasteiger partial charge in [-0.2, -0.15) is 4.39 Å². The van der Waals surface area contributed by atoms with Gasteiger partial charge in [-0.1, -0.05) is 13.8 Å². The second kappa shape index (κ2) is 6.19. The Labute approximate surface area is 107 Å². The number of hydrogen-bond acceptors (Lipinski definition) is 4. The highest BCUT2D eigenvalue weighted by Crippen LogP contribution is 2.21. The van der Waals surface area contributed by atoms with Gasteiger partial charge in [-0.25, -0.2) is 9.87 Å². The molecular formula is C11H12F2N2O4. The van der Waals surface area contributed by atoms with Crippen LogP contribution in [-0.4, -0.2) is 17.4 Å². The second-order valence-electron chi connectivity index (χ2n) is 4.18. The molecular weight excluding hydrogens is 262 g/mol. The van der Waals surface area contributed by atoms with Crippen LogP contribution in [0.5, 0.6) is 0 Å². The van der Waals surface area contributed by atoms with Crippen LogP contribution in [-0.2, 0) is 4.84 Å². The number of hydroxylamine groups is 1. The molecule has 0 atom stereocenters. The monoisotopic (exact) mass is 274 g/mol. The Morgan fingerprint density at radius 3 is 2.58 bits per heavy atom. The standard InChI is InChI=1S/C11H12F2N2O4/c1-6(2)5-19-14-11(16)7-3-9(13)10(15(17)18)4-8(7)12/h3-4,6H,5H2,1-2H3,(H,14,16). The minimum atomic E-state index is -1.29. The summed E-state index contributed by atoms with van der Waals surface area (Å²) in [5.74, 6) is -3.36. The van der Waals surface area contributed by atoms with E-state index >= 15 is 0 Å². The van der Waals surface area contributed by atoms with Gasteiger partial charge >= 0.3 is 5.69 Å². The van der Waals surface area contributed by atoms with Crippen molar-refractivity contribution in [2.45, 2.75) is 13.8 Å². The minimum Gasteiger partial charge on any atom is -0.273 e. The van der Waals surface area contributed by atoms with Gasteiger partial charge in [0.1, 0.15) is 5.82 Å². The van der Waals surface area contributed by atoms with Crippen molar-refractivity contribution in [3.8, 4) is 0 Å². The van der Waals surface area contributed by atoms with E-state index in [-0.39, 0.29) is 12.5 Å². The molecule has 0 saturated heterocycles. The van der Waals surface area contributed by atoms with Crippen molar-refractivity contribution in [1.82, 2.24) is 5.48 Å². The molecule has 1 aromatic carbocycles. The molecule has 0 heterocycles. The third kappa shape index (κ3) is 3.95. The maximum absolute atomic E-state index is 13.4. The Morgan fingerprint density at radius 2 is 2.05 bits per heavy atom. The molecule has 8 heteroatoms. The summed E-state index contributed by atoms with van der Waals surface area (Å²) in [4.78, 5) is 25.5. The molecule has 1 N–H and O–H groups in total. The first-order valence-electron chi connectivity index (χ1n) is 5.38. The zero-order valence-corrected chi connectivity index (χ0v) is 10.3. The van der Waals surface area contributed by atoms with Crippen LogP contribution in [0.4, 0.5) is 14.5 Å². The molecule has 1 amide bonds. The second-order valence-corrected chi connectivity index (χ2v) is 4.18. The van der Waals surface area contributed by atoms with Gasteiger partial charge in [0, 0.05) is 0 Å². The molecule has 19 heavy (non-hydrogen) atoms. The van der Waals surface area contributed by atoms with E-state index in [4.69, 9.17) is 4.84 Å². The number of rotatable bonds is 5. The van der Waals surface area contributed by atoms with Gasteiger partial charge in [0.2, 0.25) is 5.82 Å². The number of halogens is 2. The number of nitro benzene ring substituents is 1. The van der Waals surface area contributed by atoms with Crippen LogP contribution >= 0.6 is 0 Å². The number of amides is 1. The Morgan fingerprint density at radius 1 is 1.42 bits per heavy atom. The third-order valence-corrected chi connectivity index (χ3v) is 2.06. The SMILES string of the molecule is CC(C)CONC(=O)c1cc(F)c([N+](=O)[O-])cc1F. The number of benzene rings is 1. The predicted molar refractivity (Wildman–Crippen MR) is 61.3 cm³/mol. The van der Waals surface area contributed by atoms with Gasteiger partial charge in [-0.05, 0) is 12.0 Å². The highest BCUT2D eigenvalue weighted by molar-refractivity contribution is 5.94. The number of carbonyl (C=O) groups excluding carboxylic acids is 1. The van der Waals surface area contributed by atoms with Gasteiger partial charge in [0.25, 0.3) is 5.91 Å². The average Bonchev–Trinajstić information content (AvgIpc) is 2.30. The molecule has 1 rings (SSSR count). The molecule has 0 aliphatic carbocycles. The minimum absolute atomic E-state index is 0.138. The lowest BCUT2D eigenvalue weighted by molar-refractivity contribution is -0.387. The maximum Gasteiger partial charge on any atom is 0.307 e. The zero-order valence-electron chi connectivity index (χ0n) is 10.3. The summed E-state index contributed by atoms with van der Waals surface area (Å²) in [5.41, 5.74) is 0.241. The lowest BCUT2D eigenvalue weighted by Crippen LogP contribution is -2.26. The van der Waals surface area contributed by atoms with Crippen molar-refractivity contribution in [3.05, 3.63) is 39.4 Å². The fourth-order valence-corrected chi connectivity index (χ4v) is 1.18. The van der Waals surface area contributed by atoms with Crippen LogP contribution in [0.3, 0.4) is 0 Å². The average molecular weight is 274 g/mol. The normalized spacial score (nSPS) is 10.6. The number of nitro groups is 1. The zero-order chi connectivity index (χ0) is 14.6. The van der Waals surface area contributed by atoms with Crippen molar-refractivity contribution < 1.29 is 23.3 Å². The molecule has 0 saturated carbocycles. The van der Waals surface area contributed by atoms with Crippen molar-refractivity contribution in [2.24, 2.45) is 5.92 Å². The third-order valence-electron chi connectivity index (χ3n) is 2.06. The summed E-state index contributed by atoms with van der Waals surface area (Å²) in [6, 6.07) is 0.814. The number of nitrogens with one attached hydrogen (secondary N) is 1. The lowest BCUT2D eigenvalue weighted by atomic mass is 10.1. The molecule has 6 nitrogen and oxygen atoms in total. The summed E-state index contributed by atoms with van der Waals surface area (Å²) < 4.78 is 26.7. The van der Waals surface area contributed by atoms with Crippen molar-refractivity contribution in [3.63, 3.8) is 0 Å². The summed E-state index contributed by atoms with van der Waals surface area (Å²) in [6.07, 6.45) is 0. The van der Waals surface area contributed by atoms with E-state index in [0.29, 0.717) is 12.1 Å². The largest absolute Gasteiger partial charge is 0.307 e. The van der Waals surface area contributed by atoms with Crippen LogP contribution in [0.2, 0.25) is 0 Å². The Balaban J connectivity index is 2.86. The van der Waals surface area contributed by atoms with E-state index in [2.05, 4.69) is 0 Å². The number of carbonyl (C=O) groups is 1. The molecule has 0 unspecified atom stereocenters. The van der Waals surface area contributed by atoms with E-state index in [1.54, 1.807) is 0 Å². The molecule has 104 valence electrons. The van der Waals surface area contributed by atoms with Crippen molar-refractivity contribution in [2.75, 3.05) is 6.61 Å². The number of hydrogen-bond donors (Lipinski definition) is 1. The Hall–Kier alpha value is -2.09. The predicted octanol–water partition coefficient (Wildman–Crippen LogP) is 2.19. The van der Waals surface area contributed by atoms with Crippen molar-refractivity contribution >= 4 is 11.6 Å². The topological polar surface area (TPSA) is 81.5 Å². The Kier molecular flexibility index (Phi) is 4.87. The van der Waals surface area contributed by atoms with Gasteiger partial charge in [-0.3, -0.25) is 19.7 Å². The summed E-state index contributed by atoms with van der Waals surface area (Å²) in [5, 5.41) is 10.4. The van der Waals surface area contributed by atoms with E-state index in [1.807, 2.05) is 19.3 Å². The quantitative estimate of drug-likeness (QED) is 0.659. The molecule has 0 radical (unpaired) electrons. The van der Waals surface area contributed by atoms with E-state index in [0.717, 1.165) is 0 Å². The molecule has 0 aliphatic heterocycles. The van der Waals surface area contributed by atoms with Gasteiger partial charge < -0.3 is 0 Å². The van der Waals surface area contributed by atoms with Crippen LogP contribution in [0.25, 0.3) is 0 Å². The Bertz CT molecular complexity index is 506. The van der Waals surface area contributed by atoms with Gasteiger partial charge in [0.15, 0.2) is 0 Å². The van der Waals surface area contributed by atoms with E-state index in [1.165, 1.54) is 0 Å². The molecule has 0 bridgehead atoms. The van der Waals surface area contributed by atoms with Gasteiger partial charge in [0.05, 0.1) is 23.2 Å².